The van der Waals surface area contributed by atoms with Gasteiger partial charge in [0.2, 0.25) is 11.8 Å². The van der Waals surface area contributed by atoms with Gasteiger partial charge in [0.15, 0.2) is 0 Å². The number of para-hydroxylation sites is 1. The van der Waals surface area contributed by atoms with E-state index in [1.54, 1.807) is 9.80 Å². The molecule has 5 rings (SSSR count). The number of halogens is 4. The number of carbonyl (C=O) groups is 2. The molecule has 3 aliphatic heterocycles. The molecule has 2 aromatic rings. The first kappa shape index (κ1) is 35.3. The van der Waals surface area contributed by atoms with E-state index in [0.29, 0.717) is 45.4 Å². The molecule has 0 spiro atoms. The summed E-state index contributed by atoms with van der Waals surface area (Å²) in [6.45, 7) is 5.93. The van der Waals surface area contributed by atoms with E-state index in [1.807, 2.05) is 24.3 Å². The minimum Gasteiger partial charge on any atom is -0.506 e. The first-order valence-electron chi connectivity index (χ1n) is 16.5. The van der Waals surface area contributed by atoms with Crippen LogP contribution in [0.25, 0.3) is 0 Å². The molecular formula is C34H45ClF3N5O4. The van der Waals surface area contributed by atoms with Crippen molar-refractivity contribution in [1.29, 1.82) is 0 Å². The fourth-order valence-corrected chi connectivity index (χ4v) is 7.26. The van der Waals surface area contributed by atoms with Gasteiger partial charge < -0.3 is 30.7 Å². The van der Waals surface area contributed by atoms with Crippen molar-refractivity contribution in [3.05, 3.63) is 58.1 Å². The lowest BCUT2D eigenvalue weighted by Gasteiger charge is -2.41. The van der Waals surface area contributed by atoms with Gasteiger partial charge in [-0.3, -0.25) is 14.5 Å². The molecule has 0 unspecified atom stereocenters. The van der Waals surface area contributed by atoms with Crippen LogP contribution in [0, 0.1) is 5.92 Å². The summed E-state index contributed by atoms with van der Waals surface area (Å²) in [6.07, 6.45) is -1.16. The summed E-state index contributed by atoms with van der Waals surface area (Å²) < 4.78 is 46.5. The van der Waals surface area contributed by atoms with Crippen LogP contribution in [0.5, 0.6) is 5.75 Å². The number of carbonyl (C=O) groups excluding carboxylic acids is 2. The SMILES string of the molecule is Nc1ccccc1CCNC1CCN(C(=O)C[C@H](Cc2cc(Cl)c(O)c(C(F)(F)F)c2)C(=O)N2CCC(N3CCOCC3)CC2)CC1. The van der Waals surface area contributed by atoms with Crippen molar-refractivity contribution in [2.24, 2.45) is 5.92 Å². The van der Waals surface area contributed by atoms with Gasteiger partial charge in [-0.2, -0.15) is 13.2 Å². The molecule has 9 nitrogen and oxygen atoms in total. The highest BCUT2D eigenvalue weighted by molar-refractivity contribution is 6.32. The molecule has 0 bridgehead atoms. The summed E-state index contributed by atoms with van der Waals surface area (Å²) >= 11 is 6.00. The minimum absolute atomic E-state index is 0.0995. The molecule has 47 heavy (non-hydrogen) atoms. The Morgan fingerprint density at radius 2 is 1.66 bits per heavy atom. The Morgan fingerprint density at radius 3 is 2.32 bits per heavy atom. The molecule has 3 aliphatic rings. The lowest BCUT2D eigenvalue weighted by molar-refractivity contribution is -0.143. The number of phenols is 1. The molecule has 0 saturated carbocycles. The number of morpholine rings is 1. The predicted octanol–water partition coefficient (Wildman–Crippen LogP) is 4.34. The smallest absolute Gasteiger partial charge is 0.420 e. The maximum atomic E-state index is 13.9. The number of hydrogen-bond acceptors (Lipinski definition) is 7. The molecule has 0 aromatic heterocycles. The summed E-state index contributed by atoms with van der Waals surface area (Å²) in [5.74, 6) is -2.34. The van der Waals surface area contributed by atoms with Gasteiger partial charge in [0, 0.05) is 63.5 Å². The Labute approximate surface area is 279 Å². The second kappa shape index (κ2) is 15.9. The second-order valence-electron chi connectivity index (χ2n) is 12.8. The highest BCUT2D eigenvalue weighted by Crippen LogP contribution is 2.41. The Kier molecular flexibility index (Phi) is 11.9. The minimum atomic E-state index is -4.83. The zero-order chi connectivity index (χ0) is 33.6. The quantitative estimate of drug-likeness (QED) is 0.321. The monoisotopic (exact) mass is 679 g/mol. The zero-order valence-corrected chi connectivity index (χ0v) is 27.4. The number of alkyl halides is 3. The van der Waals surface area contributed by atoms with Crippen molar-refractivity contribution in [3.8, 4) is 5.75 Å². The maximum Gasteiger partial charge on any atom is 0.420 e. The van der Waals surface area contributed by atoms with Gasteiger partial charge >= 0.3 is 6.18 Å². The molecule has 0 radical (unpaired) electrons. The van der Waals surface area contributed by atoms with Crippen molar-refractivity contribution in [3.63, 3.8) is 0 Å². The number of benzene rings is 2. The first-order chi connectivity index (χ1) is 22.5. The number of piperidine rings is 2. The number of ether oxygens (including phenoxy) is 1. The first-order valence-corrected chi connectivity index (χ1v) is 16.9. The number of nitrogens with one attached hydrogen (secondary N) is 1. The Bertz CT molecular complexity index is 1370. The molecule has 0 aliphatic carbocycles. The van der Waals surface area contributed by atoms with Crippen molar-refractivity contribution < 1.29 is 32.6 Å². The van der Waals surface area contributed by atoms with Crippen molar-refractivity contribution in [1.82, 2.24) is 20.0 Å². The number of nitrogens with zero attached hydrogens (tertiary/aromatic N) is 3. The van der Waals surface area contributed by atoms with Gasteiger partial charge in [0.05, 0.1) is 29.7 Å². The Balaban J connectivity index is 1.21. The Hall–Kier alpha value is -3.06. The van der Waals surface area contributed by atoms with Crippen molar-refractivity contribution in [2.45, 2.75) is 63.2 Å². The number of rotatable bonds is 10. The van der Waals surface area contributed by atoms with Crippen LogP contribution in [-0.4, -0.2) is 103 Å². The Morgan fingerprint density at radius 1 is 1.00 bits per heavy atom. The summed E-state index contributed by atoms with van der Waals surface area (Å²) in [6, 6.07) is 10.4. The highest BCUT2D eigenvalue weighted by Gasteiger charge is 2.37. The summed E-state index contributed by atoms with van der Waals surface area (Å²) in [7, 11) is 0. The number of hydrogen-bond donors (Lipinski definition) is 3. The number of likely N-dealkylation sites (tertiary alicyclic amines) is 2. The van der Waals surface area contributed by atoms with E-state index in [1.165, 1.54) is 6.07 Å². The number of phenolic OH excluding ortho intramolecular Hbond substituents is 1. The molecule has 2 aromatic carbocycles. The number of aromatic hydroxyl groups is 1. The average Bonchev–Trinajstić information content (AvgIpc) is 3.06. The van der Waals surface area contributed by atoms with E-state index in [9.17, 15) is 27.9 Å². The zero-order valence-electron chi connectivity index (χ0n) is 26.6. The van der Waals surface area contributed by atoms with E-state index in [4.69, 9.17) is 22.1 Å². The molecule has 1 atom stereocenters. The van der Waals surface area contributed by atoms with Crippen LogP contribution in [0.1, 0.15) is 48.8 Å². The molecule has 13 heteroatoms. The molecular weight excluding hydrogens is 635 g/mol. The third-order valence-electron chi connectivity index (χ3n) is 9.75. The van der Waals surface area contributed by atoms with Gasteiger partial charge in [-0.1, -0.05) is 29.8 Å². The molecule has 2 amide bonds. The van der Waals surface area contributed by atoms with E-state index < -0.39 is 28.4 Å². The van der Waals surface area contributed by atoms with Gasteiger partial charge in [-0.05, 0) is 74.4 Å². The third-order valence-corrected chi connectivity index (χ3v) is 10.0. The van der Waals surface area contributed by atoms with Crippen LogP contribution in [0.2, 0.25) is 5.02 Å². The standard InChI is InChI=1S/C34H45ClF3N5O4/c35-29-21-23(20-28(32(29)45)34(36,37)38)19-25(33(46)43-13-8-27(9-14-43)41-15-17-47-18-16-41)22-31(44)42-11-6-26(7-12-42)40-10-5-24-3-1-2-4-30(24)39/h1-4,20-21,25-27,40,45H,5-19,22,39H2/t25-/m0/s1. The number of nitrogen functional groups attached to an aromatic ring is 1. The second-order valence-corrected chi connectivity index (χ2v) is 13.2. The van der Waals surface area contributed by atoms with Gasteiger partial charge in [-0.15, -0.1) is 0 Å². The predicted molar refractivity (Wildman–Crippen MR) is 174 cm³/mol. The third kappa shape index (κ3) is 9.31. The van der Waals surface area contributed by atoms with Crippen LogP contribution in [0.3, 0.4) is 0 Å². The van der Waals surface area contributed by atoms with E-state index in [2.05, 4.69) is 10.2 Å². The lowest BCUT2D eigenvalue weighted by atomic mass is 9.91. The van der Waals surface area contributed by atoms with Crippen LogP contribution in [0.15, 0.2) is 36.4 Å². The van der Waals surface area contributed by atoms with E-state index >= 15 is 0 Å². The number of anilines is 1. The van der Waals surface area contributed by atoms with E-state index in [0.717, 1.165) is 69.1 Å². The highest BCUT2D eigenvalue weighted by atomic mass is 35.5. The molecule has 3 fully saturated rings. The summed E-state index contributed by atoms with van der Waals surface area (Å²) in [5, 5.41) is 13.1. The number of nitrogens with two attached hydrogens (primary N) is 1. The van der Waals surface area contributed by atoms with Crippen LogP contribution in [-0.2, 0) is 33.3 Å². The lowest BCUT2D eigenvalue weighted by Crippen LogP contribution is -2.51. The molecule has 258 valence electrons. The van der Waals surface area contributed by atoms with Crippen molar-refractivity contribution >= 4 is 29.1 Å². The summed E-state index contributed by atoms with van der Waals surface area (Å²) in [5.41, 5.74) is 6.80. The van der Waals surface area contributed by atoms with Crippen LogP contribution < -0.4 is 11.1 Å². The fourth-order valence-electron chi connectivity index (χ4n) is 7.02. The summed E-state index contributed by atoms with van der Waals surface area (Å²) in [4.78, 5) is 33.4. The molecule has 4 N–H and O–H groups in total. The van der Waals surface area contributed by atoms with Crippen LogP contribution >= 0.6 is 11.6 Å². The largest absolute Gasteiger partial charge is 0.506 e. The van der Waals surface area contributed by atoms with Crippen LogP contribution in [0.4, 0.5) is 18.9 Å². The maximum absolute atomic E-state index is 13.9. The number of amides is 2. The molecule has 3 heterocycles. The van der Waals surface area contributed by atoms with Crippen molar-refractivity contribution in [2.75, 3.05) is 64.8 Å². The molecule has 3 saturated heterocycles. The topological polar surface area (TPSA) is 111 Å². The average molecular weight is 680 g/mol. The fraction of sp³-hybridized carbons (Fsp3) is 0.588. The normalized spacial score (nSPS) is 19.6. The van der Waals surface area contributed by atoms with Gasteiger partial charge in [0.25, 0.3) is 0 Å². The van der Waals surface area contributed by atoms with Gasteiger partial charge in [0.1, 0.15) is 5.75 Å². The van der Waals surface area contributed by atoms with E-state index in [-0.39, 0.29) is 36.3 Å². The van der Waals surface area contributed by atoms with Gasteiger partial charge in [-0.25, -0.2) is 0 Å².